The standard InChI is InChI=1S/C24H22BNO4/c1-16(27)18-8-10-19(11-9-18)20-3-2-4-22(14-20)26-24(28)12-6-17-5-7-21-15-30-25(29)23(21)13-17/h2-5,7-11,13-14,29H,6,12,15H2,1H3,(H,26,28). The smallest absolute Gasteiger partial charge is 0.423 e. The summed E-state index contributed by atoms with van der Waals surface area (Å²) in [5, 5.41) is 12.8. The van der Waals surface area contributed by atoms with E-state index in [1.807, 2.05) is 66.7 Å². The van der Waals surface area contributed by atoms with E-state index < -0.39 is 7.12 Å². The molecule has 1 aliphatic heterocycles. The number of Topliss-reactive ketones (excluding diaryl/α,β-unsaturated/α-hetero) is 1. The van der Waals surface area contributed by atoms with E-state index in [1.165, 1.54) is 0 Å². The van der Waals surface area contributed by atoms with Crippen molar-refractivity contribution >= 4 is 30.0 Å². The van der Waals surface area contributed by atoms with Crippen LogP contribution in [0.1, 0.15) is 34.8 Å². The number of ketones is 1. The average Bonchev–Trinajstić information content (AvgIpc) is 3.13. The molecule has 3 aromatic rings. The first-order valence-electron chi connectivity index (χ1n) is 9.92. The van der Waals surface area contributed by atoms with Crippen LogP contribution in [0.5, 0.6) is 0 Å². The van der Waals surface area contributed by atoms with E-state index in [-0.39, 0.29) is 11.7 Å². The Morgan fingerprint density at radius 3 is 2.60 bits per heavy atom. The molecule has 0 bridgehead atoms. The van der Waals surface area contributed by atoms with Gasteiger partial charge in [-0.1, -0.05) is 54.6 Å². The van der Waals surface area contributed by atoms with Crippen molar-refractivity contribution in [2.75, 3.05) is 5.32 Å². The number of rotatable bonds is 6. The summed E-state index contributed by atoms with van der Waals surface area (Å²) in [6, 6.07) is 20.9. The van der Waals surface area contributed by atoms with Crippen LogP contribution < -0.4 is 10.8 Å². The van der Waals surface area contributed by atoms with Crippen LogP contribution in [0.2, 0.25) is 0 Å². The van der Waals surface area contributed by atoms with Gasteiger partial charge in [-0.3, -0.25) is 9.59 Å². The van der Waals surface area contributed by atoms with Crippen molar-refractivity contribution in [3.8, 4) is 11.1 Å². The lowest BCUT2D eigenvalue weighted by molar-refractivity contribution is -0.116. The summed E-state index contributed by atoms with van der Waals surface area (Å²) < 4.78 is 5.21. The molecule has 30 heavy (non-hydrogen) atoms. The highest BCUT2D eigenvalue weighted by Gasteiger charge is 2.27. The number of amides is 1. The first-order valence-corrected chi connectivity index (χ1v) is 9.92. The van der Waals surface area contributed by atoms with Crippen LogP contribution in [0.15, 0.2) is 66.7 Å². The first kappa shape index (κ1) is 20.1. The van der Waals surface area contributed by atoms with E-state index in [0.29, 0.717) is 25.0 Å². The molecule has 1 aliphatic rings. The van der Waals surface area contributed by atoms with Crippen molar-refractivity contribution < 1.29 is 19.3 Å². The van der Waals surface area contributed by atoms with Crippen LogP contribution >= 0.6 is 0 Å². The van der Waals surface area contributed by atoms with Gasteiger partial charge in [0.05, 0.1) is 6.61 Å². The number of carbonyl (C=O) groups excluding carboxylic acids is 2. The number of hydrogen-bond acceptors (Lipinski definition) is 4. The van der Waals surface area contributed by atoms with Crippen LogP contribution in [-0.4, -0.2) is 23.8 Å². The second kappa shape index (κ2) is 8.65. The number of fused-ring (bicyclic) bond motifs is 1. The maximum atomic E-state index is 12.4. The monoisotopic (exact) mass is 399 g/mol. The Hall–Kier alpha value is -3.22. The summed E-state index contributed by atoms with van der Waals surface area (Å²) in [6.07, 6.45) is 0.922. The van der Waals surface area contributed by atoms with Crippen molar-refractivity contribution in [2.24, 2.45) is 0 Å². The largest absolute Gasteiger partial charge is 0.491 e. The van der Waals surface area contributed by atoms with Crippen LogP contribution in [0, 0.1) is 0 Å². The van der Waals surface area contributed by atoms with E-state index in [0.717, 1.165) is 33.4 Å². The lowest BCUT2D eigenvalue weighted by Crippen LogP contribution is -2.28. The minimum atomic E-state index is -0.874. The summed E-state index contributed by atoms with van der Waals surface area (Å²) in [5.41, 5.74) is 6.12. The van der Waals surface area contributed by atoms with Crippen molar-refractivity contribution in [1.29, 1.82) is 0 Å². The summed E-state index contributed by atoms with van der Waals surface area (Å²) in [6.45, 7) is 1.97. The predicted molar refractivity (Wildman–Crippen MR) is 118 cm³/mol. The zero-order valence-corrected chi connectivity index (χ0v) is 16.7. The lowest BCUT2D eigenvalue weighted by Gasteiger charge is -2.09. The van der Waals surface area contributed by atoms with Gasteiger partial charge < -0.3 is 15.0 Å². The molecule has 0 unspecified atom stereocenters. The molecule has 5 nitrogen and oxygen atoms in total. The predicted octanol–water partition coefficient (Wildman–Crippen LogP) is 3.35. The summed E-state index contributed by atoms with van der Waals surface area (Å²) in [5.74, 6) is -0.0376. The molecule has 4 rings (SSSR count). The van der Waals surface area contributed by atoms with E-state index >= 15 is 0 Å². The van der Waals surface area contributed by atoms with E-state index in [1.54, 1.807) is 6.92 Å². The van der Waals surface area contributed by atoms with Crippen molar-refractivity contribution in [1.82, 2.24) is 0 Å². The second-order valence-electron chi connectivity index (χ2n) is 7.46. The van der Waals surface area contributed by atoms with Gasteiger partial charge in [0.2, 0.25) is 5.91 Å². The molecule has 0 saturated heterocycles. The normalized spacial score (nSPS) is 12.5. The Bertz CT molecular complexity index is 1090. The van der Waals surface area contributed by atoms with Crippen LogP contribution in [0.25, 0.3) is 11.1 Å². The van der Waals surface area contributed by atoms with Gasteiger partial charge in [-0.2, -0.15) is 0 Å². The minimum Gasteiger partial charge on any atom is -0.423 e. The summed E-state index contributed by atoms with van der Waals surface area (Å²) in [4.78, 5) is 23.9. The van der Waals surface area contributed by atoms with Crippen molar-refractivity contribution in [3.05, 3.63) is 83.4 Å². The lowest BCUT2D eigenvalue weighted by atomic mass is 9.78. The molecule has 1 heterocycles. The van der Waals surface area contributed by atoms with E-state index in [4.69, 9.17) is 4.65 Å². The molecule has 0 spiro atoms. The first-order chi connectivity index (χ1) is 14.5. The highest BCUT2D eigenvalue weighted by molar-refractivity contribution is 6.61. The molecule has 0 aliphatic carbocycles. The quantitative estimate of drug-likeness (QED) is 0.493. The molecule has 6 heteroatoms. The van der Waals surface area contributed by atoms with Crippen molar-refractivity contribution in [3.63, 3.8) is 0 Å². The average molecular weight is 399 g/mol. The fourth-order valence-electron chi connectivity index (χ4n) is 3.57. The SMILES string of the molecule is CC(=O)c1ccc(-c2cccc(NC(=O)CCc3ccc4c(c3)B(O)OC4)c2)cc1. The Morgan fingerprint density at radius 2 is 1.83 bits per heavy atom. The third-order valence-corrected chi connectivity index (χ3v) is 5.28. The molecular weight excluding hydrogens is 377 g/mol. The molecule has 0 atom stereocenters. The fraction of sp³-hybridized carbons (Fsp3) is 0.167. The highest BCUT2D eigenvalue weighted by Crippen LogP contribution is 2.23. The third-order valence-electron chi connectivity index (χ3n) is 5.28. The van der Waals surface area contributed by atoms with E-state index in [9.17, 15) is 14.6 Å². The zero-order valence-electron chi connectivity index (χ0n) is 16.7. The number of anilines is 1. The van der Waals surface area contributed by atoms with Gasteiger partial charge in [-0.05, 0) is 53.2 Å². The molecule has 150 valence electrons. The minimum absolute atomic E-state index is 0.0352. The van der Waals surface area contributed by atoms with Gasteiger partial charge in [-0.25, -0.2) is 0 Å². The molecule has 0 saturated carbocycles. The van der Waals surface area contributed by atoms with Gasteiger partial charge in [-0.15, -0.1) is 0 Å². The Kier molecular flexibility index (Phi) is 5.79. The van der Waals surface area contributed by atoms with Gasteiger partial charge in [0, 0.05) is 17.7 Å². The van der Waals surface area contributed by atoms with Crippen LogP contribution in [0.3, 0.4) is 0 Å². The maximum absolute atomic E-state index is 12.4. The van der Waals surface area contributed by atoms with Gasteiger partial charge >= 0.3 is 7.12 Å². The number of carbonyl (C=O) groups is 2. The van der Waals surface area contributed by atoms with E-state index in [2.05, 4.69) is 5.32 Å². The summed E-state index contributed by atoms with van der Waals surface area (Å²) in [7, 11) is -0.874. The van der Waals surface area contributed by atoms with Crippen LogP contribution in [0.4, 0.5) is 5.69 Å². The molecule has 0 fully saturated rings. The zero-order chi connectivity index (χ0) is 21.1. The van der Waals surface area contributed by atoms with Crippen LogP contribution in [-0.2, 0) is 22.5 Å². The summed E-state index contributed by atoms with van der Waals surface area (Å²) >= 11 is 0. The second-order valence-corrected chi connectivity index (χ2v) is 7.46. The number of benzene rings is 3. The Labute approximate surface area is 175 Å². The van der Waals surface area contributed by atoms with Gasteiger partial charge in [0.15, 0.2) is 5.78 Å². The van der Waals surface area contributed by atoms with Gasteiger partial charge in [0.1, 0.15) is 0 Å². The molecule has 0 aromatic heterocycles. The maximum Gasteiger partial charge on any atom is 0.491 e. The number of nitrogens with one attached hydrogen (secondary N) is 1. The Morgan fingerprint density at radius 1 is 1.03 bits per heavy atom. The Balaban J connectivity index is 1.38. The molecule has 2 N–H and O–H groups in total. The molecule has 0 radical (unpaired) electrons. The fourth-order valence-corrected chi connectivity index (χ4v) is 3.57. The molecule has 3 aromatic carbocycles. The van der Waals surface area contributed by atoms with Gasteiger partial charge in [0.25, 0.3) is 0 Å². The number of hydrogen-bond donors (Lipinski definition) is 2. The topological polar surface area (TPSA) is 75.6 Å². The third kappa shape index (κ3) is 4.51. The molecule has 1 amide bonds. The van der Waals surface area contributed by atoms with Crippen molar-refractivity contribution in [2.45, 2.75) is 26.4 Å². The molecular formula is C24H22BNO4. The highest BCUT2D eigenvalue weighted by atomic mass is 16.5. The number of aryl methyl sites for hydroxylation is 1.